The SMILES string of the molecule is CC1(C)CCCN(CCCOc2ccccc2CN)CC1. The summed E-state index contributed by atoms with van der Waals surface area (Å²) in [5.41, 5.74) is 7.34. The van der Waals surface area contributed by atoms with Crippen LogP contribution in [0, 0.1) is 5.41 Å². The molecule has 0 aliphatic carbocycles. The van der Waals surface area contributed by atoms with Crippen molar-refractivity contribution < 1.29 is 4.74 Å². The summed E-state index contributed by atoms with van der Waals surface area (Å²) in [6.07, 6.45) is 5.07. The Balaban J connectivity index is 1.70. The molecule has 1 aromatic rings. The van der Waals surface area contributed by atoms with Crippen LogP contribution in [-0.2, 0) is 6.54 Å². The van der Waals surface area contributed by atoms with Crippen LogP contribution >= 0.6 is 0 Å². The molecule has 1 aromatic carbocycles. The van der Waals surface area contributed by atoms with Gasteiger partial charge in [-0.1, -0.05) is 32.0 Å². The maximum atomic E-state index is 5.88. The molecular weight excluding hydrogens is 260 g/mol. The second-order valence-corrected chi connectivity index (χ2v) is 6.87. The minimum atomic E-state index is 0.519. The molecule has 0 radical (unpaired) electrons. The molecule has 118 valence electrons. The highest BCUT2D eigenvalue weighted by Crippen LogP contribution is 2.29. The van der Waals surface area contributed by atoms with Gasteiger partial charge >= 0.3 is 0 Å². The summed E-state index contributed by atoms with van der Waals surface area (Å²) in [7, 11) is 0. The topological polar surface area (TPSA) is 38.5 Å². The maximum Gasteiger partial charge on any atom is 0.123 e. The first-order chi connectivity index (χ1) is 10.1. The lowest BCUT2D eigenvalue weighted by molar-refractivity contribution is 0.230. The number of benzene rings is 1. The summed E-state index contributed by atoms with van der Waals surface area (Å²) in [6.45, 7) is 9.71. The minimum absolute atomic E-state index is 0.519. The molecule has 0 spiro atoms. The highest BCUT2D eigenvalue weighted by atomic mass is 16.5. The average molecular weight is 290 g/mol. The van der Waals surface area contributed by atoms with Crippen LogP contribution in [0.4, 0.5) is 0 Å². The van der Waals surface area contributed by atoms with Crippen molar-refractivity contribution in [2.45, 2.75) is 46.1 Å². The molecule has 1 heterocycles. The highest BCUT2D eigenvalue weighted by molar-refractivity contribution is 5.32. The fourth-order valence-electron chi connectivity index (χ4n) is 2.99. The number of nitrogens with two attached hydrogens (primary N) is 1. The molecule has 2 rings (SSSR count). The quantitative estimate of drug-likeness (QED) is 0.816. The van der Waals surface area contributed by atoms with Gasteiger partial charge in [0.25, 0.3) is 0 Å². The van der Waals surface area contributed by atoms with Crippen LogP contribution in [0.5, 0.6) is 5.75 Å². The summed E-state index contributed by atoms with van der Waals surface area (Å²) >= 11 is 0. The van der Waals surface area contributed by atoms with Crippen molar-refractivity contribution in [3.63, 3.8) is 0 Å². The molecule has 1 aliphatic heterocycles. The summed E-state index contributed by atoms with van der Waals surface area (Å²) < 4.78 is 5.88. The Morgan fingerprint density at radius 1 is 1.19 bits per heavy atom. The Morgan fingerprint density at radius 2 is 2.00 bits per heavy atom. The number of nitrogens with zero attached hydrogens (tertiary/aromatic N) is 1. The van der Waals surface area contributed by atoms with Gasteiger partial charge in [-0.15, -0.1) is 0 Å². The van der Waals surface area contributed by atoms with Crippen molar-refractivity contribution in [2.75, 3.05) is 26.2 Å². The standard InChI is InChI=1S/C18H30N2O/c1-18(2)9-5-11-20(13-10-18)12-6-14-21-17-8-4-3-7-16(17)15-19/h3-4,7-8H,5-6,9-15,19H2,1-2H3. The lowest BCUT2D eigenvalue weighted by Gasteiger charge is -2.23. The second kappa shape index (κ2) is 7.81. The molecule has 3 nitrogen and oxygen atoms in total. The molecule has 0 atom stereocenters. The zero-order valence-corrected chi connectivity index (χ0v) is 13.6. The largest absolute Gasteiger partial charge is 0.493 e. The van der Waals surface area contributed by atoms with Crippen molar-refractivity contribution in [2.24, 2.45) is 11.1 Å². The fraction of sp³-hybridized carbons (Fsp3) is 0.667. The van der Waals surface area contributed by atoms with Gasteiger partial charge in [0, 0.05) is 18.7 Å². The number of ether oxygens (including phenoxy) is 1. The van der Waals surface area contributed by atoms with Gasteiger partial charge in [0.1, 0.15) is 5.75 Å². The van der Waals surface area contributed by atoms with Gasteiger partial charge in [0.05, 0.1) is 6.61 Å². The Morgan fingerprint density at radius 3 is 2.81 bits per heavy atom. The van der Waals surface area contributed by atoms with Gasteiger partial charge in [-0.2, -0.15) is 0 Å². The highest BCUT2D eigenvalue weighted by Gasteiger charge is 2.22. The number of para-hydroxylation sites is 1. The van der Waals surface area contributed by atoms with E-state index in [1.165, 1.54) is 32.4 Å². The van der Waals surface area contributed by atoms with Crippen LogP contribution in [0.1, 0.15) is 45.1 Å². The van der Waals surface area contributed by atoms with E-state index in [0.717, 1.165) is 30.9 Å². The second-order valence-electron chi connectivity index (χ2n) is 6.87. The first-order valence-electron chi connectivity index (χ1n) is 8.24. The van der Waals surface area contributed by atoms with Crippen molar-refractivity contribution in [1.29, 1.82) is 0 Å². The molecule has 0 aromatic heterocycles. The van der Waals surface area contributed by atoms with E-state index in [4.69, 9.17) is 10.5 Å². The molecule has 1 aliphatic rings. The maximum absolute atomic E-state index is 5.88. The molecule has 1 fully saturated rings. The zero-order valence-electron chi connectivity index (χ0n) is 13.6. The Labute approximate surface area is 129 Å². The Hall–Kier alpha value is -1.06. The number of likely N-dealkylation sites (tertiary alicyclic amines) is 1. The van der Waals surface area contributed by atoms with Crippen molar-refractivity contribution in [3.05, 3.63) is 29.8 Å². The molecule has 0 amide bonds. The van der Waals surface area contributed by atoms with Gasteiger partial charge in [-0.25, -0.2) is 0 Å². The van der Waals surface area contributed by atoms with Crippen LogP contribution < -0.4 is 10.5 Å². The van der Waals surface area contributed by atoms with Gasteiger partial charge in [0.15, 0.2) is 0 Å². The molecule has 3 heteroatoms. The molecule has 1 saturated heterocycles. The van der Waals surface area contributed by atoms with Crippen LogP contribution in [0.15, 0.2) is 24.3 Å². The monoisotopic (exact) mass is 290 g/mol. The Kier molecular flexibility index (Phi) is 6.07. The van der Waals surface area contributed by atoms with Crippen LogP contribution in [-0.4, -0.2) is 31.1 Å². The molecule has 0 unspecified atom stereocenters. The van der Waals surface area contributed by atoms with E-state index in [1.807, 2.05) is 24.3 Å². The first kappa shape index (κ1) is 16.3. The van der Waals surface area contributed by atoms with Crippen molar-refractivity contribution in [3.8, 4) is 5.75 Å². The van der Waals surface area contributed by atoms with Gasteiger partial charge in [-0.3, -0.25) is 0 Å². The van der Waals surface area contributed by atoms with Gasteiger partial charge in [-0.05, 0) is 50.3 Å². The van der Waals surface area contributed by atoms with Gasteiger partial charge < -0.3 is 15.4 Å². The summed E-state index contributed by atoms with van der Waals surface area (Å²) in [4.78, 5) is 2.59. The molecule has 0 bridgehead atoms. The van der Waals surface area contributed by atoms with E-state index in [1.54, 1.807) is 0 Å². The van der Waals surface area contributed by atoms with Crippen LogP contribution in [0.2, 0.25) is 0 Å². The molecule has 0 saturated carbocycles. The van der Waals surface area contributed by atoms with E-state index in [2.05, 4.69) is 18.7 Å². The third-order valence-corrected chi connectivity index (χ3v) is 4.50. The predicted octanol–water partition coefficient (Wildman–Crippen LogP) is 3.43. The van der Waals surface area contributed by atoms with Crippen molar-refractivity contribution in [1.82, 2.24) is 4.90 Å². The van der Waals surface area contributed by atoms with E-state index in [-0.39, 0.29) is 0 Å². The van der Waals surface area contributed by atoms with E-state index in [0.29, 0.717) is 12.0 Å². The summed E-state index contributed by atoms with van der Waals surface area (Å²) in [5.74, 6) is 0.942. The predicted molar refractivity (Wildman–Crippen MR) is 88.5 cm³/mol. The summed E-state index contributed by atoms with van der Waals surface area (Å²) in [6, 6.07) is 8.06. The number of hydrogen-bond acceptors (Lipinski definition) is 3. The van der Waals surface area contributed by atoms with Crippen molar-refractivity contribution >= 4 is 0 Å². The van der Waals surface area contributed by atoms with Gasteiger partial charge in [0.2, 0.25) is 0 Å². The van der Waals surface area contributed by atoms with Crippen LogP contribution in [0.3, 0.4) is 0 Å². The number of rotatable bonds is 6. The van der Waals surface area contributed by atoms with E-state index in [9.17, 15) is 0 Å². The number of hydrogen-bond donors (Lipinski definition) is 1. The molecule has 21 heavy (non-hydrogen) atoms. The fourth-order valence-corrected chi connectivity index (χ4v) is 2.99. The Bertz CT molecular complexity index is 431. The minimum Gasteiger partial charge on any atom is -0.493 e. The average Bonchev–Trinajstić information content (AvgIpc) is 2.65. The summed E-state index contributed by atoms with van der Waals surface area (Å²) in [5, 5.41) is 0. The lowest BCUT2D eigenvalue weighted by atomic mass is 9.85. The van der Waals surface area contributed by atoms with E-state index >= 15 is 0 Å². The third-order valence-electron chi connectivity index (χ3n) is 4.50. The third kappa shape index (κ3) is 5.33. The first-order valence-corrected chi connectivity index (χ1v) is 8.24. The normalized spacial score (nSPS) is 19.2. The lowest BCUT2D eigenvalue weighted by Crippen LogP contribution is -2.27. The van der Waals surface area contributed by atoms with Crippen LogP contribution in [0.25, 0.3) is 0 Å². The zero-order chi connectivity index (χ0) is 15.1. The molecule has 2 N–H and O–H groups in total. The molecular formula is C18H30N2O. The van der Waals surface area contributed by atoms with E-state index < -0.39 is 0 Å². The smallest absolute Gasteiger partial charge is 0.123 e.